The largest absolute Gasteiger partial charge is 0.396 e. The molecule has 0 aromatic rings. The Morgan fingerprint density at radius 3 is 2.83 bits per heavy atom. The zero-order valence-corrected chi connectivity index (χ0v) is 7.81. The van der Waals surface area contributed by atoms with Gasteiger partial charge in [0.2, 0.25) is 0 Å². The second kappa shape index (κ2) is 8.71. The van der Waals surface area contributed by atoms with Gasteiger partial charge in [-0.2, -0.15) is 0 Å². The van der Waals surface area contributed by atoms with Crippen molar-refractivity contribution in [1.82, 2.24) is 5.32 Å². The molecular weight excluding hydrogens is 154 g/mol. The number of aliphatic hydroxyl groups excluding tert-OH is 1. The van der Waals surface area contributed by atoms with Gasteiger partial charge in [0.25, 0.3) is 0 Å². The monoisotopic (exact) mass is 173 g/mol. The van der Waals surface area contributed by atoms with E-state index in [2.05, 4.69) is 11.9 Å². The van der Waals surface area contributed by atoms with Gasteiger partial charge in [-0.05, 0) is 19.9 Å². The summed E-state index contributed by atoms with van der Waals surface area (Å²) in [4.78, 5) is 0. The van der Waals surface area contributed by atoms with Crippen LogP contribution in [0.4, 0.5) is 0 Å². The van der Waals surface area contributed by atoms with Crippen LogP contribution in [0.2, 0.25) is 0 Å². The molecule has 0 amide bonds. The number of hydrogen-bond donors (Lipinski definition) is 2. The van der Waals surface area contributed by atoms with E-state index in [-0.39, 0.29) is 6.61 Å². The van der Waals surface area contributed by atoms with Crippen LogP contribution in [0.25, 0.3) is 0 Å². The first-order valence-electron chi connectivity index (χ1n) is 4.31. The molecule has 72 valence electrons. The molecule has 0 fully saturated rings. The maximum atomic E-state index is 8.46. The molecule has 12 heavy (non-hydrogen) atoms. The molecule has 0 rings (SSSR count). The van der Waals surface area contributed by atoms with E-state index in [4.69, 9.17) is 9.84 Å². The summed E-state index contributed by atoms with van der Waals surface area (Å²) in [5.74, 6) is 0. The molecule has 0 aromatic heterocycles. The van der Waals surface area contributed by atoms with Crippen molar-refractivity contribution in [2.75, 3.05) is 32.9 Å². The summed E-state index contributed by atoms with van der Waals surface area (Å²) in [6.07, 6.45) is 0.806. The van der Waals surface area contributed by atoms with Crippen LogP contribution in [0.1, 0.15) is 13.3 Å². The second-order valence-electron chi connectivity index (χ2n) is 2.84. The van der Waals surface area contributed by atoms with E-state index in [1.54, 1.807) is 0 Å². The minimum Gasteiger partial charge on any atom is -0.396 e. The number of rotatable bonds is 8. The molecule has 0 bridgehead atoms. The molecule has 0 aliphatic heterocycles. The van der Waals surface area contributed by atoms with Gasteiger partial charge in [0.1, 0.15) is 0 Å². The van der Waals surface area contributed by atoms with E-state index >= 15 is 0 Å². The van der Waals surface area contributed by atoms with Crippen molar-refractivity contribution in [2.24, 2.45) is 0 Å². The highest BCUT2D eigenvalue weighted by molar-refractivity contribution is 4.87. The predicted octanol–water partition coefficient (Wildman–Crippen LogP) is 0.551. The lowest BCUT2D eigenvalue weighted by molar-refractivity contribution is 0.157. The Balaban J connectivity index is 2.86. The summed E-state index contributed by atoms with van der Waals surface area (Å²) in [5, 5.41) is 11.6. The molecule has 3 heteroatoms. The minimum atomic E-state index is 0.250. The number of hydrogen-bond acceptors (Lipinski definition) is 3. The summed E-state index contributed by atoms with van der Waals surface area (Å²) in [6.45, 7) is 8.96. The second-order valence-corrected chi connectivity index (χ2v) is 2.84. The number of nitrogens with one attached hydrogen (secondary N) is 1. The molecule has 0 saturated heterocycles. The molecule has 0 atom stereocenters. The van der Waals surface area contributed by atoms with Gasteiger partial charge < -0.3 is 15.2 Å². The van der Waals surface area contributed by atoms with Crippen molar-refractivity contribution in [2.45, 2.75) is 13.3 Å². The van der Waals surface area contributed by atoms with Gasteiger partial charge in [-0.1, -0.05) is 12.2 Å². The van der Waals surface area contributed by atoms with Crippen LogP contribution in [0, 0.1) is 0 Å². The lowest BCUT2D eigenvalue weighted by atomic mass is 10.4. The Morgan fingerprint density at radius 1 is 1.50 bits per heavy atom. The highest BCUT2D eigenvalue weighted by Crippen LogP contribution is 1.86. The Bertz CT molecular complexity index is 115. The van der Waals surface area contributed by atoms with E-state index < -0.39 is 0 Å². The third kappa shape index (κ3) is 9.62. The zero-order valence-electron chi connectivity index (χ0n) is 7.81. The summed E-state index contributed by atoms with van der Waals surface area (Å²) in [5.41, 5.74) is 1.05. The fourth-order valence-corrected chi connectivity index (χ4v) is 0.720. The van der Waals surface area contributed by atoms with Gasteiger partial charge in [-0.15, -0.1) is 0 Å². The van der Waals surface area contributed by atoms with Gasteiger partial charge in [-0.25, -0.2) is 0 Å². The van der Waals surface area contributed by atoms with Crippen molar-refractivity contribution >= 4 is 0 Å². The molecule has 0 aliphatic carbocycles. The molecule has 0 saturated carbocycles. The van der Waals surface area contributed by atoms with Gasteiger partial charge in [-0.3, -0.25) is 0 Å². The molecule has 0 radical (unpaired) electrons. The highest BCUT2D eigenvalue weighted by Gasteiger charge is 1.88. The third-order valence-electron chi connectivity index (χ3n) is 1.28. The van der Waals surface area contributed by atoms with Crippen LogP contribution in [0.3, 0.4) is 0 Å². The van der Waals surface area contributed by atoms with E-state index in [0.717, 1.165) is 25.1 Å². The Kier molecular flexibility index (Phi) is 8.44. The SMILES string of the molecule is C=C(C)COCCNCCCO. The zero-order chi connectivity index (χ0) is 9.23. The first-order chi connectivity index (χ1) is 5.77. The van der Waals surface area contributed by atoms with Gasteiger partial charge in [0.15, 0.2) is 0 Å². The molecule has 0 aliphatic rings. The Hall–Kier alpha value is -0.380. The first-order valence-corrected chi connectivity index (χ1v) is 4.31. The van der Waals surface area contributed by atoms with Crippen molar-refractivity contribution in [3.05, 3.63) is 12.2 Å². The van der Waals surface area contributed by atoms with Crippen LogP contribution in [0.15, 0.2) is 12.2 Å². The third-order valence-corrected chi connectivity index (χ3v) is 1.28. The van der Waals surface area contributed by atoms with E-state index in [1.807, 2.05) is 6.92 Å². The molecule has 0 heterocycles. The summed E-state index contributed by atoms with van der Waals surface area (Å²) < 4.78 is 5.25. The average molecular weight is 173 g/mol. The lowest BCUT2D eigenvalue weighted by Crippen LogP contribution is -2.21. The maximum absolute atomic E-state index is 8.46. The van der Waals surface area contributed by atoms with Crippen LogP contribution in [-0.4, -0.2) is 38.0 Å². The van der Waals surface area contributed by atoms with Crippen LogP contribution < -0.4 is 5.32 Å². The molecule has 0 unspecified atom stereocenters. The van der Waals surface area contributed by atoms with E-state index in [0.29, 0.717) is 13.2 Å². The van der Waals surface area contributed by atoms with Gasteiger partial charge in [0, 0.05) is 13.2 Å². The van der Waals surface area contributed by atoms with Crippen LogP contribution in [-0.2, 0) is 4.74 Å². The predicted molar refractivity (Wildman–Crippen MR) is 50.2 cm³/mol. The molecule has 0 aromatic carbocycles. The highest BCUT2D eigenvalue weighted by atomic mass is 16.5. The van der Waals surface area contributed by atoms with Gasteiger partial charge >= 0.3 is 0 Å². The Labute approximate surface area is 74.4 Å². The van der Waals surface area contributed by atoms with Crippen molar-refractivity contribution in [3.8, 4) is 0 Å². The fourth-order valence-electron chi connectivity index (χ4n) is 0.720. The molecule has 3 nitrogen and oxygen atoms in total. The van der Waals surface area contributed by atoms with E-state index in [1.165, 1.54) is 0 Å². The maximum Gasteiger partial charge on any atom is 0.0672 e. The van der Waals surface area contributed by atoms with Crippen molar-refractivity contribution in [3.63, 3.8) is 0 Å². The molecular formula is C9H19NO2. The first kappa shape index (κ1) is 11.6. The van der Waals surface area contributed by atoms with Gasteiger partial charge in [0.05, 0.1) is 13.2 Å². The number of ether oxygens (including phenoxy) is 1. The van der Waals surface area contributed by atoms with E-state index in [9.17, 15) is 0 Å². The fraction of sp³-hybridized carbons (Fsp3) is 0.778. The van der Waals surface area contributed by atoms with Crippen LogP contribution in [0.5, 0.6) is 0 Å². The van der Waals surface area contributed by atoms with Crippen LogP contribution >= 0.6 is 0 Å². The quantitative estimate of drug-likeness (QED) is 0.416. The van der Waals surface area contributed by atoms with Crippen molar-refractivity contribution in [1.29, 1.82) is 0 Å². The smallest absolute Gasteiger partial charge is 0.0672 e. The molecule has 0 spiro atoms. The lowest BCUT2D eigenvalue weighted by Gasteiger charge is -2.04. The normalized spacial score (nSPS) is 10.2. The topological polar surface area (TPSA) is 41.5 Å². The summed E-state index contributed by atoms with van der Waals surface area (Å²) in [6, 6.07) is 0. The standard InChI is InChI=1S/C9H19NO2/c1-9(2)8-12-7-5-10-4-3-6-11/h10-11H,1,3-8H2,2H3. The molecule has 2 N–H and O–H groups in total. The average Bonchev–Trinajstić information content (AvgIpc) is 2.02. The Morgan fingerprint density at radius 2 is 2.25 bits per heavy atom. The minimum absolute atomic E-state index is 0.250. The van der Waals surface area contributed by atoms with Crippen molar-refractivity contribution < 1.29 is 9.84 Å². The summed E-state index contributed by atoms with van der Waals surface area (Å²) >= 11 is 0. The number of aliphatic hydroxyl groups is 1. The summed E-state index contributed by atoms with van der Waals surface area (Å²) in [7, 11) is 0.